The van der Waals surface area contributed by atoms with Crippen LogP contribution in [0.2, 0.25) is 0 Å². The summed E-state index contributed by atoms with van der Waals surface area (Å²) in [7, 11) is 4.03. The molecule has 7 heteroatoms. The molecule has 2 amide bonds. The van der Waals surface area contributed by atoms with Crippen LogP contribution < -0.4 is 10.2 Å². The monoisotopic (exact) mass is 444 g/mol. The average Bonchev–Trinajstić information content (AvgIpc) is 3.47. The highest BCUT2D eigenvalue weighted by atomic mass is 19.1. The second-order valence-electron chi connectivity index (χ2n) is 8.44. The quantitative estimate of drug-likeness (QED) is 0.415. The number of carbonyl (C=O) groups excluding carboxylic acids is 1. The fraction of sp³-hybridized carbons (Fsp3) is 0.231. The summed E-state index contributed by atoms with van der Waals surface area (Å²) in [5.41, 5.74) is 4.88. The predicted octanol–water partition coefficient (Wildman–Crippen LogP) is 6.07. The van der Waals surface area contributed by atoms with E-state index in [1.54, 1.807) is 23.1 Å². The Kier molecular flexibility index (Phi) is 5.46. The zero-order valence-corrected chi connectivity index (χ0v) is 18.6. The molecule has 1 N–H and O–H groups in total. The Morgan fingerprint density at radius 1 is 1.09 bits per heavy atom. The van der Waals surface area contributed by atoms with E-state index >= 15 is 0 Å². The van der Waals surface area contributed by atoms with E-state index in [0.29, 0.717) is 18.0 Å². The summed E-state index contributed by atoms with van der Waals surface area (Å²) in [5.74, 6) is 0.0425. The number of urea groups is 1. The molecule has 0 aliphatic carbocycles. The first-order valence-electron chi connectivity index (χ1n) is 11.0. The van der Waals surface area contributed by atoms with E-state index < -0.39 is 5.82 Å². The number of fused-ring (bicyclic) bond motifs is 1. The lowest BCUT2D eigenvalue weighted by Crippen LogP contribution is -2.34. The lowest BCUT2D eigenvalue weighted by atomic mass is 10.0. The van der Waals surface area contributed by atoms with E-state index in [-0.39, 0.29) is 17.8 Å². The van der Waals surface area contributed by atoms with Crippen LogP contribution in [0.4, 0.5) is 20.6 Å². The maximum Gasteiger partial charge on any atom is 0.322 e. The van der Waals surface area contributed by atoms with Crippen LogP contribution >= 0.6 is 0 Å². The van der Waals surface area contributed by atoms with Gasteiger partial charge in [-0.15, -0.1) is 0 Å². The minimum absolute atomic E-state index is 0.163. The molecular weight excluding hydrogens is 419 g/mol. The SMILES string of the molecule is CN(C)c1ccc(-c2ccc3oc([C@@H]4CCCN4C(=O)Nc4ccccc4F)nc3c2)cc1. The second kappa shape index (κ2) is 8.58. The number of hydrogen-bond donors (Lipinski definition) is 1. The van der Waals surface area contributed by atoms with Crippen molar-refractivity contribution in [2.24, 2.45) is 0 Å². The van der Waals surface area contributed by atoms with Crippen LogP contribution in [-0.4, -0.2) is 36.6 Å². The highest BCUT2D eigenvalue weighted by molar-refractivity contribution is 5.90. The molecule has 5 rings (SSSR count). The van der Waals surface area contributed by atoms with Crippen molar-refractivity contribution in [1.29, 1.82) is 0 Å². The molecule has 1 aliphatic rings. The van der Waals surface area contributed by atoms with Crippen molar-refractivity contribution in [2.45, 2.75) is 18.9 Å². The van der Waals surface area contributed by atoms with Gasteiger partial charge in [0.1, 0.15) is 17.4 Å². The predicted molar refractivity (Wildman–Crippen MR) is 128 cm³/mol. The number of nitrogens with zero attached hydrogens (tertiary/aromatic N) is 3. The third-order valence-corrected chi connectivity index (χ3v) is 6.04. The van der Waals surface area contributed by atoms with E-state index in [9.17, 15) is 9.18 Å². The molecule has 0 radical (unpaired) electrons. The standard InChI is InChI=1S/C26H25FN4O2/c1-30(2)19-12-9-17(10-13-19)18-11-14-24-22(16-18)28-25(33-24)23-8-5-15-31(23)26(32)29-21-7-4-3-6-20(21)27/h3-4,6-7,9-14,16,23H,5,8,15H2,1-2H3,(H,29,32)/t23-/m0/s1. The van der Waals surface area contributed by atoms with Crippen molar-refractivity contribution in [3.63, 3.8) is 0 Å². The summed E-state index contributed by atoms with van der Waals surface area (Å²) in [6.45, 7) is 0.563. The first-order valence-corrected chi connectivity index (χ1v) is 11.0. The molecular formula is C26H25FN4O2. The lowest BCUT2D eigenvalue weighted by molar-refractivity contribution is 0.198. The van der Waals surface area contributed by atoms with Crippen molar-refractivity contribution in [1.82, 2.24) is 9.88 Å². The van der Waals surface area contributed by atoms with Crippen molar-refractivity contribution in [2.75, 3.05) is 30.9 Å². The third kappa shape index (κ3) is 4.14. The highest BCUT2D eigenvalue weighted by Crippen LogP contribution is 2.35. The van der Waals surface area contributed by atoms with Crippen LogP contribution in [0.1, 0.15) is 24.8 Å². The van der Waals surface area contributed by atoms with Crippen molar-refractivity contribution in [3.8, 4) is 11.1 Å². The molecule has 1 saturated heterocycles. The minimum Gasteiger partial charge on any atom is -0.438 e. The van der Waals surface area contributed by atoms with E-state index in [1.165, 1.54) is 6.07 Å². The molecule has 168 valence electrons. The van der Waals surface area contributed by atoms with Gasteiger partial charge in [-0.1, -0.05) is 30.3 Å². The molecule has 1 aliphatic heterocycles. The van der Waals surface area contributed by atoms with Gasteiger partial charge in [-0.2, -0.15) is 0 Å². The largest absolute Gasteiger partial charge is 0.438 e. The fourth-order valence-corrected chi connectivity index (χ4v) is 4.24. The smallest absolute Gasteiger partial charge is 0.322 e. The van der Waals surface area contributed by atoms with E-state index in [4.69, 9.17) is 9.40 Å². The zero-order chi connectivity index (χ0) is 22.9. The topological polar surface area (TPSA) is 61.6 Å². The number of para-hydroxylation sites is 1. The van der Waals surface area contributed by atoms with Crippen molar-refractivity contribution in [3.05, 3.63) is 78.4 Å². The molecule has 0 unspecified atom stereocenters. The number of carbonyl (C=O) groups is 1. The maximum absolute atomic E-state index is 14.0. The Balaban J connectivity index is 1.39. The number of nitrogens with one attached hydrogen (secondary N) is 1. The fourth-order valence-electron chi connectivity index (χ4n) is 4.24. The summed E-state index contributed by atoms with van der Waals surface area (Å²) < 4.78 is 20.0. The summed E-state index contributed by atoms with van der Waals surface area (Å²) in [5, 5.41) is 2.67. The summed E-state index contributed by atoms with van der Waals surface area (Å²) in [6, 6.07) is 19.8. The van der Waals surface area contributed by atoms with Crippen molar-refractivity contribution < 1.29 is 13.6 Å². The maximum atomic E-state index is 14.0. The first-order chi connectivity index (χ1) is 16.0. The molecule has 6 nitrogen and oxygen atoms in total. The highest BCUT2D eigenvalue weighted by Gasteiger charge is 2.34. The lowest BCUT2D eigenvalue weighted by Gasteiger charge is -2.22. The molecule has 1 fully saturated rings. The van der Waals surface area contributed by atoms with Gasteiger partial charge >= 0.3 is 6.03 Å². The molecule has 1 atom stereocenters. The molecule has 3 aromatic carbocycles. The van der Waals surface area contributed by atoms with Gasteiger partial charge in [-0.05, 0) is 60.4 Å². The number of oxazole rings is 1. The molecule has 0 spiro atoms. The van der Waals surface area contributed by atoms with Gasteiger partial charge in [0.25, 0.3) is 0 Å². The number of rotatable bonds is 4. The average molecular weight is 445 g/mol. The first kappa shape index (κ1) is 21.0. The Morgan fingerprint density at radius 2 is 1.85 bits per heavy atom. The Labute approximate surface area is 191 Å². The third-order valence-electron chi connectivity index (χ3n) is 6.04. The van der Waals surface area contributed by atoms with E-state index in [0.717, 1.165) is 35.2 Å². The van der Waals surface area contributed by atoms with Gasteiger partial charge < -0.3 is 19.5 Å². The van der Waals surface area contributed by atoms with Crippen LogP contribution in [0, 0.1) is 5.82 Å². The molecule has 2 heterocycles. The van der Waals surface area contributed by atoms with E-state index in [1.807, 2.05) is 32.3 Å². The molecule has 33 heavy (non-hydrogen) atoms. The Morgan fingerprint density at radius 3 is 2.61 bits per heavy atom. The number of amides is 2. The molecule has 0 saturated carbocycles. The molecule has 1 aromatic heterocycles. The summed E-state index contributed by atoms with van der Waals surface area (Å²) in [6.07, 6.45) is 1.58. The normalized spacial score (nSPS) is 15.7. The van der Waals surface area contributed by atoms with Crippen LogP contribution in [0.5, 0.6) is 0 Å². The second-order valence-corrected chi connectivity index (χ2v) is 8.44. The number of benzene rings is 3. The van der Waals surface area contributed by atoms with Crippen LogP contribution in [0.25, 0.3) is 22.2 Å². The molecule has 4 aromatic rings. The van der Waals surface area contributed by atoms with Gasteiger partial charge in [-0.3, -0.25) is 0 Å². The summed E-state index contributed by atoms with van der Waals surface area (Å²) in [4.78, 5) is 21.3. The number of hydrogen-bond acceptors (Lipinski definition) is 4. The van der Waals surface area contributed by atoms with Gasteiger partial charge in [0.2, 0.25) is 5.89 Å². The zero-order valence-electron chi connectivity index (χ0n) is 18.6. The Hall–Kier alpha value is -3.87. The van der Waals surface area contributed by atoms with Gasteiger partial charge in [0, 0.05) is 26.3 Å². The van der Waals surface area contributed by atoms with Crippen LogP contribution in [0.15, 0.2) is 71.1 Å². The van der Waals surface area contributed by atoms with Gasteiger partial charge in [-0.25, -0.2) is 14.2 Å². The molecule has 0 bridgehead atoms. The number of likely N-dealkylation sites (tertiary alicyclic amines) is 1. The van der Waals surface area contributed by atoms with Crippen LogP contribution in [-0.2, 0) is 0 Å². The number of halogens is 1. The van der Waals surface area contributed by atoms with Gasteiger partial charge in [0.15, 0.2) is 5.58 Å². The number of aromatic nitrogens is 1. The minimum atomic E-state index is -0.463. The van der Waals surface area contributed by atoms with Gasteiger partial charge in [0.05, 0.1) is 5.69 Å². The Bertz CT molecular complexity index is 1300. The number of anilines is 2. The van der Waals surface area contributed by atoms with E-state index in [2.05, 4.69) is 34.5 Å². The summed E-state index contributed by atoms with van der Waals surface area (Å²) >= 11 is 0. The van der Waals surface area contributed by atoms with Crippen molar-refractivity contribution >= 4 is 28.5 Å². The van der Waals surface area contributed by atoms with Crippen LogP contribution in [0.3, 0.4) is 0 Å².